The Labute approximate surface area is 110 Å². The molecule has 1 aromatic heterocycles. The minimum atomic E-state index is 0.0870. The molecule has 0 spiro atoms. The molecule has 0 aliphatic heterocycles. The van der Waals surface area contributed by atoms with Crippen molar-refractivity contribution in [1.82, 2.24) is 15.2 Å². The van der Waals surface area contributed by atoms with Gasteiger partial charge in [-0.3, -0.25) is 16.0 Å². The Morgan fingerprint density at radius 2 is 2.06 bits per heavy atom. The maximum Gasteiger partial charge on any atom is 0.161 e. The first-order valence-electron chi connectivity index (χ1n) is 6.79. The molecule has 3 N–H and O–H groups in total. The molecule has 0 aliphatic carbocycles. The second-order valence-corrected chi connectivity index (χ2v) is 4.54. The molecule has 1 atom stereocenters. The Bertz CT molecular complexity index is 347. The maximum absolute atomic E-state index is 5.76. The molecule has 1 unspecified atom stereocenters. The number of methoxy groups -OCH3 is 1. The average molecular weight is 254 g/mol. The third-order valence-electron chi connectivity index (χ3n) is 3.49. The lowest BCUT2D eigenvalue weighted by Crippen LogP contribution is -2.35. The van der Waals surface area contributed by atoms with E-state index >= 15 is 0 Å². The Hall–Kier alpha value is -1.07. The summed E-state index contributed by atoms with van der Waals surface area (Å²) >= 11 is 0. The van der Waals surface area contributed by atoms with E-state index in [4.69, 9.17) is 10.6 Å². The molecule has 18 heavy (non-hydrogen) atoms. The van der Waals surface area contributed by atoms with E-state index in [1.54, 1.807) is 13.3 Å². The lowest BCUT2D eigenvalue weighted by atomic mass is 9.92. The summed E-state index contributed by atoms with van der Waals surface area (Å²) in [5.41, 5.74) is 4.00. The molecule has 0 aromatic carbocycles. The largest absolute Gasteiger partial charge is 0.493 e. The number of hydrogen-bond acceptors (Lipinski definition) is 4. The standard InChI is InChI=1S/C13H26N4O/c1-5-8-17-13(11(18-4)9-15-17)12(16-14)10(6-2)7-3/h9-10,12,16H,5-8,14H2,1-4H3. The van der Waals surface area contributed by atoms with Gasteiger partial charge in [0.1, 0.15) is 0 Å². The topological polar surface area (TPSA) is 65.1 Å². The summed E-state index contributed by atoms with van der Waals surface area (Å²) in [6.45, 7) is 7.40. The van der Waals surface area contributed by atoms with E-state index in [2.05, 4.69) is 31.3 Å². The Balaban J connectivity index is 3.12. The predicted molar refractivity (Wildman–Crippen MR) is 73.2 cm³/mol. The second-order valence-electron chi connectivity index (χ2n) is 4.54. The molecular formula is C13H26N4O. The highest BCUT2D eigenvalue weighted by atomic mass is 16.5. The van der Waals surface area contributed by atoms with Crippen LogP contribution < -0.4 is 16.0 Å². The summed E-state index contributed by atoms with van der Waals surface area (Å²) in [5.74, 6) is 7.06. The van der Waals surface area contributed by atoms with Crippen LogP contribution in [0, 0.1) is 5.92 Å². The second kappa shape index (κ2) is 7.38. The molecule has 0 amide bonds. The van der Waals surface area contributed by atoms with E-state index in [9.17, 15) is 0 Å². The zero-order valence-corrected chi connectivity index (χ0v) is 11.9. The van der Waals surface area contributed by atoms with Crippen molar-refractivity contribution in [3.63, 3.8) is 0 Å². The first-order valence-corrected chi connectivity index (χ1v) is 6.79. The lowest BCUT2D eigenvalue weighted by molar-refractivity contribution is 0.310. The van der Waals surface area contributed by atoms with Gasteiger partial charge in [-0.25, -0.2) is 0 Å². The molecule has 0 bridgehead atoms. The molecule has 104 valence electrons. The van der Waals surface area contributed by atoms with E-state index in [1.807, 2.05) is 4.68 Å². The highest BCUT2D eigenvalue weighted by Gasteiger charge is 2.26. The Morgan fingerprint density at radius 3 is 2.50 bits per heavy atom. The van der Waals surface area contributed by atoms with Gasteiger partial charge in [0, 0.05) is 6.54 Å². The zero-order valence-electron chi connectivity index (χ0n) is 11.9. The van der Waals surface area contributed by atoms with Gasteiger partial charge in [-0.2, -0.15) is 5.10 Å². The van der Waals surface area contributed by atoms with Crippen LogP contribution in [0.1, 0.15) is 51.8 Å². The van der Waals surface area contributed by atoms with Crippen molar-refractivity contribution >= 4 is 0 Å². The smallest absolute Gasteiger partial charge is 0.161 e. The van der Waals surface area contributed by atoms with Crippen LogP contribution in [0.15, 0.2) is 6.20 Å². The van der Waals surface area contributed by atoms with Gasteiger partial charge >= 0.3 is 0 Å². The van der Waals surface area contributed by atoms with Crippen LogP contribution in [0.2, 0.25) is 0 Å². The van der Waals surface area contributed by atoms with Crippen molar-refractivity contribution in [2.75, 3.05) is 7.11 Å². The number of nitrogens with one attached hydrogen (secondary N) is 1. The number of hydrazine groups is 1. The quantitative estimate of drug-likeness (QED) is 0.551. The molecule has 5 nitrogen and oxygen atoms in total. The van der Waals surface area contributed by atoms with Crippen molar-refractivity contribution in [3.8, 4) is 5.75 Å². The minimum absolute atomic E-state index is 0.0870. The van der Waals surface area contributed by atoms with Gasteiger partial charge in [-0.1, -0.05) is 33.6 Å². The van der Waals surface area contributed by atoms with Crippen LogP contribution in [-0.2, 0) is 6.54 Å². The average Bonchev–Trinajstić information content (AvgIpc) is 2.79. The lowest BCUT2D eigenvalue weighted by Gasteiger charge is -2.26. The summed E-state index contributed by atoms with van der Waals surface area (Å²) in [5, 5.41) is 4.39. The van der Waals surface area contributed by atoms with Gasteiger partial charge in [-0.15, -0.1) is 0 Å². The fourth-order valence-corrected chi connectivity index (χ4v) is 2.44. The van der Waals surface area contributed by atoms with Gasteiger partial charge in [0.05, 0.1) is 25.0 Å². The van der Waals surface area contributed by atoms with Crippen LogP contribution in [-0.4, -0.2) is 16.9 Å². The van der Waals surface area contributed by atoms with Crippen LogP contribution in [0.5, 0.6) is 5.75 Å². The SMILES string of the molecule is CCCn1ncc(OC)c1C(NN)C(CC)CC. The predicted octanol–water partition coefficient (Wildman–Crippen LogP) is 2.24. The molecule has 0 saturated carbocycles. The van der Waals surface area contributed by atoms with Crippen molar-refractivity contribution in [1.29, 1.82) is 0 Å². The summed E-state index contributed by atoms with van der Waals surface area (Å²) in [7, 11) is 1.68. The van der Waals surface area contributed by atoms with Gasteiger partial charge in [0.2, 0.25) is 0 Å². The first kappa shape index (κ1) is 15.0. The number of aryl methyl sites for hydroxylation is 1. The van der Waals surface area contributed by atoms with Crippen molar-refractivity contribution < 1.29 is 4.74 Å². The zero-order chi connectivity index (χ0) is 13.5. The molecule has 0 fully saturated rings. The van der Waals surface area contributed by atoms with Crippen molar-refractivity contribution in [2.24, 2.45) is 11.8 Å². The number of rotatable bonds is 8. The van der Waals surface area contributed by atoms with E-state index < -0.39 is 0 Å². The number of nitrogens with two attached hydrogens (primary N) is 1. The number of hydrogen-bond donors (Lipinski definition) is 2. The highest BCUT2D eigenvalue weighted by Crippen LogP contribution is 2.32. The first-order chi connectivity index (χ1) is 8.73. The normalized spacial score (nSPS) is 13.0. The molecule has 1 aromatic rings. The molecule has 0 radical (unpaired) electrons. The van der Waals surface area contributed by atoms with Crippen LogP contribution in [0.3, 0.4) is 0 Å². The Kier molecular flexibility index (Phi) is 6.15. The van der Waals surface area contributed by atoms with Gasteiger partial charge in [0.25, 0.3) is 0 Å². The molecule has 1 rings (SSSR count). The van der Waals surface area contributed by atoms with Crippen LogP contribution in [0.4, 0.5) is 0 Å². The third kappa shape index (κ3) is 3.03. The van der Waals surface area contributed by atoms with Crippen molar-refractivity contribution in [2.45, 2.75) is 52.6 Å². The van der Waals surface area contributed by atoms with E-state index in [1.165, 1.54) is 0 Å². The van der Waals surface area contributed by atoms with Crippen LogP contribution >= 0.6 is 0 Å². The summed E-state index contributed by atoms with van der Waals surface area (Å²) in [6, 6.07) is 0.0870. The molecule has 0 aliphatic rings. The molecule has 5 heteroatoms. The summed E-state index contributed by atoms with van der Waals surface area (Å²) in [4.78, 5) is 0. The molecule has 0 saturated heterocycles. The fraction of sp³-hybridized carbons (Fsp3) is 0.769. The fourth-order valence-electron chi connectivity index (χ4n) is 2.44. The summed E-state index contributed by atoms with van der Waals surface area (Å²) in [6.07, 6.45) is 4.97. The van der Waals surface area contributed by atoms with E-state index in [0.717, 1.165) is 37.3 Å². The number of aromatic nitrogens is 2. The number of ether oxygens (including phenoxy) is 1. The third-order valence-corrected chi connectivity index (χ3v) is 3.49. The van der Waals surface area contributed by atoms with Crippen LogP contribution in [0.25, 0.3) is 0 Å². The van der Waals surface area contributed by atoms with E-state index in [-0.39, 0.29) is 6.04 Å². The Morgan fingerprint density at radius 1 is 1.39 bits per heavy atom. The monoisotopic (exact) mass is 254 g/mol. The summed E-state index contributed by atoms with van der Waals surface area (Å²) < 4.78 is 7.42. The number of nitrogens with zero attached hydrogens (tertiary/aromatic N) is 2. The maximum atomic E-state index is 5.76. The van der Waals surface area contributed by atoms with Gasteiger partial charge in [0.15, 0.2) is 5.75 Å². The molecular weight excluding hydrogens is 228 g/mol. The molecule has 1 heterocycles. The highest BCUT2D eigenvalue weighted by molar-refractivity contribution is 5.28. The van der Waals surface area contributed by atoms with Gasteiger partial charge in [-0.05, 0) is 12.3 Å². The van der Waals surface area contributed by atoms with E-state index in [0.29, 0.717) is 5.92 Å². The minimum Gasteiger partial charge on any atom is -0.493 e. The van der Waals surface area contributed by atoms with Crippen molar-refractivity contribution in [3.05, 3.63) is 11.9 Å². The van der Waals surface area contributed by atoms with Gasteiger partial charge < -0.3 is 4.74 Å².